The van der Waals surface area contributed by atoms with Gasteiger partial charge >= 0.3 is 0 Å². The van der Waals surface area contributed by atoms with Gasteiger partial charge in [-0.05, 0) is 12.8 Å². The zero-order chi connectivity index (χ0) is 12.7. The molecule has 0 aliphatic heterocycles. The fourth-order valence-corrected chi connectivity index (χ4v) is 2.62. The molecule has 0 aromatic rings. The first kappa shape index (κ1) is 14.0. The first-order valence-corrected chi connectivity index (χ1v) is 6.41. The molecule has 0 radical (unpaired) electrons. The number of nitrogens with two attached hydrogens (primary N) is 1. The van der Waals surface area contributed by atoms with Crippen molar-refractivity contribution in [2.75, 3.05) is 19.6 Å². The molecule has 0 bridgehead atoms. The maximum atomic E-state index is 12.6. The Morgan fingerprint density at radius 1 is 1.18 bits per heavy atom. The fraction of sp³-hybridized carbons (Fsp3) is 0.643. The van der Waals surface area contributed by atoms with Crippen molar-refractivity contribution in [3.63, 3.8) is 0 Å². The van der Waals surface area contributed by atoms with Crippen LogP contribution in [0, 0.1) is 5.41 Å². The van der Waals surface area contributed by atoms with E-state index in [9.17, 15) is 4.79 Å². The van der Waals surface area contributed by atoms with Crippen LogP contribution in [0.1, 0.15) is 32.1 Å². The topological polar surface area (TPSA) is 46.3 Å². The number of amides is 1. The summed E-state index contributed by atoms with van der Waals surface area (Å²) in [6, 6.07) is 0. The summed E-state index contributed by atoms with van der Waals surface area (Å²) in [6.07, 6.45) is 8.80. The van der Waals surface area contributed by atoms with Gasteiger partial charge in [-0.15, -0.1) is 13.2 Å². The second-order valence-electron chi connectivity index (χ2n) is 4.83. The lowest BCUT2D eigenvalue weighted by molar-refractivity contribution is -0.142. The van der Waals surface area contributed by atoms with Gasteiger partial charge in [-0.2, -0.15) is 0 Å². The maximum absolute atomic E-state index is 12.6. The molecule has 0 atom stereocenters. The highest BCUT2D eigenvalue weighted by atomic mass is 16.2. The zero-order valence-corrected chi connectivity index (χ0v) is 10.7. The van der Waals surface area contributed by atoms with E-state index in [1.54, 1.807) is 17.1 Å². The van der Waals surface area contributed by atoms with Crippen LogP contribution in [0.2, 0.25) is 0 Å². The van der Waals surface area contributed by atoms with Crippen LogP contribution < -0.4 is 5.73 Å². The van der Waals surface area contributed by atoms with E-state index in [4.69, 9.17) is 5.73 Å². The van der Waals surface area contributed by atoms with E-state index in [0.717, 1.165) is 25.7 Å². The minimum Gasteiger partial charge on any atom is -0.335 e. The van der Waals surface area contributed by atoms with Crippen LogP contribution in [0.15, 0.2) is 25.3 Å². The highest BCUT2D eigenvalue weighted by Crippen LogP contribution is 2.37. The van der Waals surface area contributed by atoms with Gasteiger partial charge in [-0.25, -0.2) is 0 Å². The molecule has 1 fully saturated rings. The van der Waals surface area contributed by atoms with Crippen LogP contribution in [0.25, 0.3) is 0 Å². The molecule has 1 rings (SSSR count). The molecule has 3 heteroatoms. The highest BCUT2D eigenvalue weighted by molar-refractivity contribution is 5.83. The van der Waals surface area contributed by atoms with Crippen molar-refractivity contribution in [2.45, 2.75) is 32.1 Å². The summed E-state index contributed by atoms with van der Waals surface area (Å²) >= 11 is 0. The largest absolute Gasteiger partial charge is 0.335 e. The molecule has 3 nitrogen and oxygen atoms in total. The van der Waals surface area contributed by atoms with Crippen LogP contribution in [-0.2, 0) is 4.79 Å². The van der Waals surface area contributed by atoms with E-state index >= 15 is 0 Å². The van der Waals surface area contributed by atoms with Gasteiger partial charge in [-0.1, -0.05) is 31.4 Å². The molecule has 0 unspecified atom stereocenters. The number of hydrogen-bond acceptors (Lipinski definition) is 2. The quantitative estimate of drug-likeness (QED) is 0.718. The Kier molecular flexibility index (Phi) is 5.42. The molecule has 0 spiro atoms. The van der Waals surface area contributed by atoms with Crippen molar-refractivity contribution in [1.82, 2.24) is 4.90 Å². The first-order valence-electron chi connectivity index (χ1n) is 6.41. The van der Waals surface area contributed by atoms with Crippen LogP contribution in [0.4, 0.5) is 0 Å². The van der Waals surface area contributed by atoms with Crippen LogP contribution in [-0.4, -0.2) is 30.4 Å². The predicted molar refractivity (Wildman–Crippen MR) is 71.5 cm³/mol. The van der Waals surface area contributed by atoms with Crippen molar-refractivity contribution in [3.8, 4) is 0 Å². The lowest BCUT2D eigenvalue weighted by atomic mass is 9.73. The molecule has 0 heterocycles. The summed E-state index contributed by atoms with van der Waals surface area (Å²) in [4.78, 5) is 14.4. The summed E-state index contributed by atoms with van der Waals surface area (Å²) in [7, 11) is 0. The first-order chi connectivity index (χ1) is 8.20. The molecule has 0 aromatic carbocycles. The van der Waals surface area contributed by atoms with Crippen molar-refractivity contribution in [1.29, 1.82) is 0 Å². The average Bonchev–Trinajstić information content (AvgIpc) is 2.38. The monoisotopic (exact) mass is 236 g/mol. The Balaban J connectivity index is 2.80. The molecule has 1 amide bonds. The third-order valence-electron chi connectivity index (χ3n) is 3.64. The Labute approximate surface area is 104 Å². The van der Waals surface area contributed by atoms with Crippen LogP contribution >= 0.6 is 0 Å². The molecule has 17 heavy (non-hydrogen) atoms. The number of carbonyl (C=O) groups is 1. The molecule has 0 aromatic heterocycles. The normalized spacial score (nSPS) is 18.4. The van der Waals surface area contributed by atoms with Crippen molar-refractivity contribution in [2.24, 2.45) is 11.1 Å². The standard InChI is InChI=1S/C14H24N2O/c1-3-10-16(11-4-2)13(17)14(12-15)8-6-5-7-9-14/h3-4H,1-2,5-12,15H2. The number of rotatable bonds is 6. The molecule has 1 aliphatic carbocycles. The van der Waals surface area contributed by atoms with Gasteiger partial charge in [0.1, 0.15) is 0 Å². The molecule has 2 N–H and O–H groups in total. The van der Waals surface area contributed by atoms with Crippen molar-refractivity contribution >= 4 is 5.91 Å². The lowest BCUT2D eigenvalue weighted by Crippen LogP contribution is -2.49. The Bertz CT molecular complexity index is 270. The average molecular weight is 236 g/mol. The van der Waals surface area contributed by atoms with Gasteiger partial charge in [0, 0.05) is 19.6 Å². The van der Waals surface area contributed by atoms with Gasteiger partial charge in [0.05, 0.1) is 5.41 Å². The summed E-state index contributed by atoms with van der Waals surface area (Å²) in [5.41, 5.74) is 5.54. The predicted octanol–water partition coefficient (Wildman–Crippen LogP) is 2.10. The third kappa shape index (κ3) is 3.19. The number of nitrogens with zero attached hydrogens (tertiary/aromatic N) is 1. The molecule has 1 aliphatic rings. The fourth-order valence-electron chi connectivity index (χ4n) is 2.62. The summed E-state index contributed by atoms with van der Waals surface area (Å²) in [5, 5.41) is 0. The minimum atomic E-state index is -0.329. The lowest BCUT2D eigenvalue weighted by Gasteiger charge is -2.38. The summed E-state index contributed by atoms with van der Waals surface area (Å²) < 4.78 is 0. The molecule has 0 saturated heterocycles. The van der Waals surface area contributed by atoms with Crippen molar-refractivity contribution in [3.05, 3.63) is 25.3 Å². The van der Waals surface area contributed by atoms with Gasteiger partial charge in [0.15, 0.2) is 0 Å². The van der Waals surface area contributed by atoms with E-state index in [2.05, 4.69) is 13.2 Å². The third-order valence-corrected chi connectivity index (χ3v) is 3.64. The summed E-state index contributed by atoms with van der Waals surface area (Å²) in [5.74, 6) is 0.180. The van der Waals surface area contributed by atoms with E-state index in [-0.39, 0.29) is 11.3 Å². The molecule has 1 saturated carbocycles. The maximum Gasteiger partial charge on any atom is 0.230 e. The van der Waals surface area contributed by atoms with E-state index in [0.29, 0.717) is 19.6 Å². The number of carbonyl (C=O) groups excluding carboxylic acids is 1. The molecular formula is C14H24N2O. The smallest absolute Gasteiger partial charge is 0.230 e. The second-order valence-corrected chi connectivity index (χ2v) is 4.83. The van der Waals surface area contributed by atoms with Crippen molar-refractivity contribution < 1.29 is 4.79 Å². The molecular weight excluding hydrogens is 212 g/mol. The Morgan fingerprint density at radius 3 is 2.12 bits per heavy atom. The summed E-state index contributed by atoms with van der Waals surface area (Å²) in [6.45, 7) is 9.01. The highest BCUT2D eigenvalue weighted by Gasteiger charge is 2.40. The van der Waals surface area contributed by atoms with Crippen LogP contribution in [0.5, 0.6) is 0 Å². The van der Waals surface area contributed by atoms with E-state index in [1.165, 1.54) is 6.42 Å². The Hall–Kier alpha value is -1.09. The SMILES string of the molecule is C=CCN(CC=C)C(=O)C1(CN)CCCCC1. The van der Waals surface area contributed by atoms with Gasteiger partial charge < -0.3 is 10.6 Å². The second kappa shape index (κ2) is 6.60. The minimum absolute atomic E-state index is 0.180. The molecule has 96 valence electrons. The Morgan fingerprint density at radius 2 is 1.71 bits per heavy atom. The van der Waals surface area contributed by atoms with Gasteiger partial charge in [-0.3, -0.25) is 4.79 Å². The number of hydrogen-bond donors (Lipinski definition) is 1. The van der Waals surface area contributed by atoms with E-state index in [1.807, 2.05) is 0 Å². The van der Waals surface area contributed by atoms with E-state index < -0.39 is 0 Å². The zero-order valence-electron chi connectivity index (χ0n) is 10.7. The van der Waals surface area contributed by atoms with Crippen LogP contribution in [0.3, 0.4) is 0 Å². The van der Waals surface area contributed by atoms with Gasteiger partial charge in [0.2, 0.25) is 5.91 Å². The van der Waals surface area contributed by atoms with Gasteiger partial charge in [0.25, 0.3) is 0 Å².